The summed E-state index contributed by atoms with van der Waals surface area (Å²) in [5.74, 6) is 0.694. The van der Waals surface area contributed by atoms with Gasteiger partial charge in [-0.05, 0) is 24.4 Å². The minimum Gasteiger partial charge on any atom is -0.494 e. The van der Waals surface area contributed by atoms with E-state index in [0.717, 1.165) is 0 Å². The second-order valence-corrected chi connectivity index (χ2v) is 7.55. The maximum atomic E-state index is 12.9. The molecule has 11 heteroatoms. The van der Waals surface area contributed by atoms with E-state index in [1.165, 1.54) is 42.5 Å². The lowest BCUT2D eigenvalue weighted by Gasteiger charge is -2.24. The average Bonchev–Trinajstić information content (AvgIpc) is 3.24. The van der Waals surface area contributed by atoms with Gasteiger partial charge in [-0.2, -0.15) is 5.10 Å². The maximum Gasteiger partial charge on any atom is 0.267 e. The molecule has 172 valence electrons. The van der Waals surface area contributed by atoms with Crippen molar-refractivity contribution in [3.63, 3.8) is 0 Å². The number of methoxy groups -OCH3 is 3. The molecule has 1 aliphatic rings. The quantitative estimate of drug-likeness (QED) is 0.656. The molecule has 3 rings (SSSR count). The summed E-state index contributed by atoms with van der Waals surface area (Å²) in [6, 6.07) is 2.90. The minimum atomic E-state index is -0.579. The van der Waals surface area contributed by atoms with E-state index < -0.39 is 11.6 Å². The van der Waals surface area contributed by atoms with Crippen LogP contribution in [-0.2, 0) is 18.9 Å². The molecule has 0 bridgehead atoms. The summed E-state index contributed by atoms with van der Waals surface area (Å²) >= 11 is 5.19. The molecular formula is C21H26N4O6S. The Morgan fingerprint density at radius 3 is 2.38 bits per heavy atom. The van der Waals surface area contributed by atoms with Gasteiger partial charge in [-0.1, -0.05) is 6.92 Å². The predicted molar refractivity (Wildman–Crippen MR) is 120 cm³/mol. The number of hydrogen-bond donors (Lipinski definition) is 1. The minimum absolute atomic E-state index is 0.000512. The smallest absolute Gasteiger partial charge is 0.267 e. The second kappa shape index (κ2) is 9.03. The van der Waals surface area contributed by atoms with Crippen molar-refractivity contribution in [1.82, 2.24) is 14.1 Å². The molecule has 0 unspecified atom stereocenters. The molecule has 1 aromatic carbocycles. The van der Waals surface area contributed by atoms with Crippen molar-refractivity contribution in [1.29, 1.82) is 0 Å². The number of nitrogens with zero attached hydrogens (tertiary/aromatic N) is 4. The summed E-state index contributed by atoms with van der Waals surface area (Å²) in [5, 5.41) is 16.4. The number of ether oxygens (including phenoxy) is 3. The van der Waals surface area contributed by atoms with Gasteiger partial charge in [-0.25, -0.2) is 5.01 Å². The zero-order chi connectivity index (χ0) is 23.7. The van der Waals surface area contributed by atoms with E-state index in [-0.39, 0.29) is 40.7 Å². The van der Waals surface area contributed by atoms with Crippen LogP contribution in [0.2, 0.25) is 0 Å². The Morgan fingerprint density at radius 1 is 1.16 bits per heavy atom. The molecule has 1 amide bonds. The van der Waals surface area contributed by atoms with Gasteiger partial charge in [-0.3, -0.25) is 18.7 Å². The van der Waals surface area contributed by atoms with E-state index in [4.69, 9.17) is 26.4 Å². The van der Waals surface area contributed by atoms with Crippen molar-refractivity contribution >= 4 is 23.8 Å². The number of aromatic hydroxyl groups is 1. The summed E-state index contributed by atoms with van der Waals surface area (Å²) in [6.45, 7) is 1.72. The normalized spacial score (nSPS) is 15.5. The maximum absolute atomic E-state index is 12.9. The van der Waals surface area contributed by atoms with Gasteiger partial charge < -0.3 is 19.3 Å². The number of aromatic nitrogens is 2. The molecule has 0 fully saturated rings. The number of hydrazone groups is 1. The fourth-order valence-electron chi connectivity index (χ4n) is 3.77. The van der Waals surface area contributed by atoms with Crippen LogP contribution < -0.4 is 19.8 Å². The highest BCUT2D eigenvalue weighted by molar-refractivity contribution is 7.71. The third kappa shape index (κ3) is 3.62. The first kappa shape index (κ1) is 23.3. The summed E-state index contributed by atoms with van der Waals surface area (Å²) in [4.78, 5) is 25.7. The lowest BCUT2D eigenvalue weighted by molar-refractivity contribution is -0.132. The van der Waals surface area contributed by atoms with Crippen LogP contribution >= 0.6 is 12.2 Å². The molecule has 0 saturated carbocycles. The summed E-state index contributed by atoms with van der Waals surface area (Å²) < 4.78 is 19.2. The Kier molecular flexibility index (Phi) is 6.58. The molecule has 0 radical (unpaired) electrons. The highest BCUT2D eigenvalue weighted by atomic mass is 32.1. The first-order chi connectivity index (χ1) is 15.2. The number of carbonyl (C=O) groups excluding carboxylic acids is 1. The largest absolute Gasteiger partial charge is 0.494 e. The van der Waals surface area contributed by atoms with Crippen molar-refractivity contribution in [3.8, 4) is 23.1 Å². The Bertz CT molecular complexity index is 1220. The molecule has 0 saturated heterocycles. The monoisotopic (exact) mass is 462 g/mol. The van der Waals surface area contributed by atoms with Crippen molar-refractivity contribution < 1.29 is 24.1 Å². The fourth-order valence-corrected chi connectivity index (χ4v) is 3.94. The van der Waals surface area contributed by atoms with Crippen LogP contribution in [0.25, 0.3) is 0 Å². The lowest BCUT2D eigenvalue weighted by atomic mass is 9.97. The number of benzene rings is 1. The molecule has 2 aromatic rings. The summed E-state index contributed by atoms with van der Waals surface area (Å²) in [7, 11) is 7.58. The third-order valence-corrected chi connectivity index (χ3v) is 6.03. The van der Waals surface area contributed by atoms with Crippen molar-refractivity contribution in [3.05, 3.63) is 38.4 Å². The van der Waals surface area contributed by atoms with E-state index >= 15 is 0 Å². The second-order valence-electron chi connectivity index (χ2n) is 7.19. The summed E-state index contributed by atoms with van der Waals surface area (Å²) in [6.07, 6.45) is 0.378. The lowest BCUT2D eigenvalue weighted by Crippen LogP contribution is -2.28. The van der Waals surface area contributed by atoms with E-state index in [1.807, 2.05) is 0 Å². The van der Waals surface area contributed by atoms with Gasteiger partial charge in [0, 0.05) is 32.5 Å². The van der Waals surface area contributed by atoms with Gasteiger partial charge in [0.1, 0.15) is 5.56 Å². The first-order valence-electron chi connectivity index (χ1n) is 9.89. The molecule has 1 N–H and O–H groups in total. The SMILES string of the molecule is CCC(=O)N1N=C(c2c(O)n(C)c(=S)n(C)c2=O)C[C@H]1c1ccc(OC)c(OC)c1OC. The van der Waals surface area contributed by atoms with Crippen LogP contribution in [-0.4, -0.2) is 52.2 Å². The Labute approximate surface area is 190 Å². The zero-order valence-corrected chi connectivity index (χ0v) is 19.6. The molecule has 0 spiro atoms. The van der Waals surface area contributed by atoms with Crippen LogP contribution in [0.15, 0.2) is 22.0 Å². The fraction of sp³-hybridized carbons (Fsp3) is 0.429. The number of carbonyl (C=O) groups is 1. The molecule has 10 nitrogen and oxygen atoms in total. The van der Waals surface area contributed by atoms with Crippen molar-refractivity contribution in [2.45, 2.75) is 25.8 Å². The summed E-state index contributed by atoms with van der Waals surface area (Å²) in [5.41, 5.74) is 0.413. The van der Waals surface area contributed by atoms with Crippen LogP contribution in [0.5, 0.6) is 23.1 Å². The van der Waals surface area contributed by atoms with Gasteiger partial charge in [-0.15, -0.1) is 0 Å². The predicted octanol–water partition coefficient (Wildman–Crippen LogP) is 2.27. The van der Waals surface area contributed by atoms with E-state index in [9.17, 15) is 14.7 Å². The molecule has 1 aromatic heterocycles. The molecular weight excluding hydrogens is 436 g/mol. The number of amides is 1. The average molecular weight is 463 g/mol. The zero-order valence-electron chi connectivity index (χ0n) is 18.8. The number of hydrogen-bond acceptors (Lipinski definition) is 8. The van der Waals surface area contributed by atoms with Crippen LogP contribution in [0.3, 0.4) is 0 Å². The highest BCUT2D eigenvalue weighted by Crippen LogP contribution is 2.46. The van der Waals surface area contributed by atoms with Crippen molar-refractivity contribution in [2.75, 3.05) is 21.3 Å². The standard InChI is InChI=1S/C21H26N4O6S/c1-7-15(26)25-13(11-8-9-14(29-4)18(31-6)17(11)30-5)10-12(22-25)16-19(27)23(2)21(32)24(3)20(16)28/h8-9,13,27H,7,10H2,1-6H3/t13-/m0/s1. The molecule has 32 heavy (non-hydrogen) atoms. The van der Waals surface area contributed by atoms with Gasteiger partial charge >= 0.3 is 0 Å². The van der Waals surface area contributed by atoms with Crippen LogP contribution in [0, 0.1) is 4.77 Å². The molecule has 0 aliphatic carbocycles. The van der Waals surface area contributed by atoms with Crippen LogP contribution in [0.1, 0.15) is 36.9 Å². The van der Waals surface area contributed by atoms with E-state index in [2.05, 4.69) is 5.10 Å². The number of rotatable bonds is 6. The van der Waals surface area contributed by atoms with Gasteiger partial charge in [0.2, 0.25) is 17.5 Å². The Balaban J connectivity index is 2.21. The van der Waals surface area contributed by atoms with Crippen molar-refractivity contribution in [2.24, 2.45) is 19.2 Å². The third-order valence-electron chi connectivity index (χ3n) is 5.48. The highest BCUT2D eigenvalue weighted by Gasteiger charge is 2.37. The molecule has 1 aliphatic heterocycles. The van der Waals surface area contributed by atoms with E-state index in [1.54, 1.807) is 26.1 Å². The van der Waals surface area contributed by atoms with Gasteiger partial charge in [0.05, 0.1) is 33.1 Å². The molecule has 2 heterocycles. The Hall–Kier alpha value is -3.34. The first-order valence-corrected chi connectivity index (χ1v) is 10.3. The molecule has 1 atom stereocenters. The van der Waals surface area contributed by atoms with Gasteiger partial charge in [0.25, 0.3) is 5.56 Å². The van der Waals surface area contributed by atoms with Crippen LogP contribution in [0.4, 0.5) is 0 Å². The Morgan fingerprint density at radius 2 is 1.81 bits per heavy atom. The van der Waals surface area contributed by atoms with Gasteiger partial charge in [0.15, 0.2) is 16.3 Å². The topological polar surface area (TPSA) is 108 Å². The van der Waals surface area contributed by atoms with E-state index in [0.29, 0.717) is 22.8 Å².